The minimum absolute atomic E-state index is 0.697. The number of hydrogen-bond donors (Lipinski definition) is 2. The van der Waals surface area contributed by atoms with E-state index in [4.69, 9.17) is 0 Å². The van der Waals surface area contributed by atoms with Gasteiger partial charge >= 0.3 is 0 Å². The largest absolute Gasteiger partial charge is 0.354 e. The fourth-order valence-electron chi connectivity index (χ4n) is 3.15. The van der Waals surface area contributed by atoms with Gasteiger partial charge in [0, 0.05) is 24.0 Å². The molecule has 0 unspecified atom stereocenters. The second-order valence-electron chi connectivity index (χ2n) is 6.93. The highest BCUT2D eigenvalue weighted by molar-refractivity contribution is 5.59. The van der Waals surface area contributed by atoms with Crippen LogP contribution in [-0.2, 0) is 0 Å². The molecule has 1 aromatic heterocycles. The van der Waals surface area contributed by atoms with Crippen molar-refractivity contribution >= 4 is 17.5 Å². The van der Waals surface area contributed by atoms with Crippen molar-refractivity contribution in [3.63, 3.8) is 0 Å². The van der Waals surface area contributed by atoms with Gasteiger partial charge in [0.1, 0.15) is 5.82 Å². The van der Waals surface area contributed by atoms with Gasteiger partial charge in [-0.25, -0.2) is 4.98 Å². The molecule has 0 saturated heterocycles. The molecule has 25 heavy (non-hydrogen) atoms. The van der Waals surface area contributed by atoms with Gasteiger partial charge in [-0.05, 0) is 76.1 Å². The van der Waals surface area contributed by atoms with Crippen molar-refractivity contribution in [1.29, 1.82) is 0 Å². The molecule has 0 atom stereocenters. The lowest BCUT2D eigenvalue weighted by Crippen LogP contribution is -2.09. The van der Waals surface area contributed by atoms with Crippen molar-refractivity contribution < 1.29 is 0 Å². The highest BCUT2D eigenvalue weighted by atomic mass is 15.1. The van der Waals surface area contributed by atoms with Crippen molar-refractivity contribution in [3.05, 3.63) is 52.7 Å². The van der Waals surface area contributed by atoms with Gasteiger partial charge < -0.3 is 10.6 Å². The van der Waals surface area contributed by atoms with Crippen molar-refractivity contribution in [1.82, 2.24) is 9.97 Å². The van der Waals surface area contributed by atoms with E-state index >= 15 is 0 Å². The average Bonchev–Trinajstić information content (AvgIpc) is 2.59. The second kappa shape index (κ2) is 8.15. The Morgan fingerprint density at radius 3 is 2.64 bits per heavy atom. The molecule has 4 nitrogen and oxygen atoms in total. The quantitative estimate of drug-likeness (QED) is 0.689. The van der Waals surface area contributed by atoms with Crippen molar-refractivity contribution in [2.75, 3.05) is 17.2 Å². The van der Waals surface area contributed by atoms with Crippen LogP contribution in [-0.4, -0.2) is 16.5 Å². The van der Waals surface area contributed by atoms with E-state index in [0.29, 0.717) is 5.95 Å². The zero-order valence-corrected chi connectivity index (χ0v) is 15.5. The lowest BCUT2D eigenvalue weighted by molar-refractivity contribution is 0.679. The number of nitrogens with zero attached hydrogens (tertiary/aromatic N) is 2. The van der Waals surface area contributed by atoms with E-state index in [1.165, 1.54) is 36.8 Å². The molecule has 0 aliphatic heterocycles. The molecule has 0 radical (unpaired) electrons. The van der Waals surface area contributed by atoms with Gasteiger partial charge in [-0.1, -0.05) is 17.7 Å². The smallest absolute Gasteiger partial charge is 0.224 e. The average molecular weight is 336 g/mol. The van der Waals surface area contributed by atoms with Gasteiger partial charge in [0.2, 0.25) is 5.95 Å². The van der Waals surface area contributed by atoms with Crippen molar-refractivity contribution in [2.45, 2.75) is 52.9 Å². The minimum Gasteiger partial charge on any atom is -0.354 e. The first-order valence-electron chi connectivity index (χ1n) is 9.22. The van der Waals surface area contributed by atoms with Gasteiger partial charge in [-0.15, -0.1) is 0 Å². The van der Waals surface area contributed by atoms with Crippen LogP contribution < -0.4 is 10.6 Å². The van der Waals surface area contributed by atoms with Crippen LogP contribution in [0.3, 0.4) is 0 Å². The predicted molar refractivity (Wildman–Crippen MR) is 106 cm³/mol. The van der Waals surface area contributed by atoms with E-state index in [1.807, 2.05) is 13.0 Å². The molecule has 0 amide bonds. The fourth-order valence-corrected chi connectivity index (χ4v) is 3.15. The summed E-state index contributed by atoms with van der Waals surface area (Å²) in [7, 11) is 0. The Balaban J connectivity index is 1.63. The number of aromatic nitrogens is 2. The minimum atomic E-state index is 0.697. The van der Waals surface area contributed by atoms with E-state index in [-0.39, 0.29) is 0 Å². The van der Waals surface area contributed by atoms with Gasteiger partial charge in [-0.2, -0.15) is 4.98 Å². The number of benzene rings is 1. The van der Waals surface area contributed by atoms with Crippen LogP contribution >= 0.6 is 0 Å². The Morgan fingerprint density at radius 1 is 1.00 bits per heavy atom. The molecule has 1 heterocycles. The first-order chi connectivity index (χ1) is 12.1. The van der Waals surface area contributed by atoms with Crippen LogP contribution in [0.5, 0.6) is 0 Å². The highest BCUT2D eigenvalue weighted by Gasteiger charge is 2.06. The van der Waals surface area contributed by atoms with Gasteiger partial charge in [0.05, 0.1) is 0 Å². The fraction of sp³-hybridized carbons (Fsp3) is 0.429. The maximum Gasteiger partial charge on any atom is 0.224 e. The summed E-state index contributed by atoms with van der Waals surface area (Å²) in [4.78, 5) is 9.12. The molecule has 4 heteroatoms. The van der Waals surface area contributed by atoms with E-state index < -0.39 is 0 Å². The molecule has 0 bridgehead atoms. The second-order valence-corrected chi connectivity index (χ2v) is 6.93. The van der Waals surface area contributed by atoms with Crippen LogP contribution in [0.4, 0.5) is 17.5 Å². The van der Waals surface area contributed by atoms with Crippen LogP contribution in [0, 0.1) is 20.8 Å². The number of nitrogens with one attached hydrogen (secondary N) is 2. The number of hydrogen-bond acceptors (Lipinski definition) is 4. The lowest BCUT2D eigenvalue weighted by atomic mass is 9.97. The first kappa shape index (κ1) is 17.5. The molecule has 0 fully saturated rings. The third kappa shape index (κ3) is 5.05. The molecule has 1 aliphatic carbocycles. The molecule has 1 aliphatic rings. The van der Waals surface area contributed by atoms with Crippen LogP contribution in [0.2, 0.25) is 0 Å². The van der Waals surface area contributed by atoms with Crippen LogP contribution in [0.25, 0.3) is 0 Å². The zero-order chi connectivity index (χ0) is 17.6. The van der Waals surface area contributed by atoms with Gasteiger partial charge in [0.25, 0.3) is 0 Å². The van der Waals surface area contributed by atoms with E-state index in [9.17, 15) is 0 Å². The summed E-state index contributed by atoms with van der Waals surface area (Å²) in [5.74, 6) is 1.53. The molecule has 0 spiro atoms. The summed E-state index contributed by atoms with van der Waals surface area (Å²) in [6.45, 7) is 7.14. The maximum atomic E-state index is 4.61. The summed E-state index contributed by atoms with van der Waals surface area (Å²) in [5.41, 5.74) is 6.15. The van der Waals surface area contributed by atoms with Crippen LogP contribution in [0.1, 0.15) is 48.9 Å². The molecule has 0 saturated carbocycles. The molecule has 1 aromatic carbocycles. The normalized spacial score (nSPS) is 14.1. The molecular formula is C21H28N4. The SMILES string of the molecule is Cc1cc(Nc2ccc(C)c(C)c2)nc(NCCC2=CCCCC2)n1. The molecular weight excluding hydrogens is 308 g/mol. The van der Waals surface area contributed by atoms with E-state index in [1.54, 1.807) is 5.57 Å². The Morgan fingerprint density at radius 2 is 1.88 bits per heavy atom. The Bertz CT molecular complexity index is 764. The van der Waals surface area contributed by atoms with Crippen LogP contribution in [0.15, 0.2) is 35.9 Å². The summed E-state index contributed by atoms with van der Waals surface area (Å²) in [5, 5.41) is 6.77. The Labute approximate surface area is 150 Å². The summed E-state index contributed by atoms with van der Waals surface area (Å²) >= 11 is 0. The molecule has 2 aromatic rings. The number of rotatable bonds is 6. The molecule has 3 rings (SSSR count). The van der Waals surface area contributed by atoms with Gasteiger partial charge in [-0.3, -0.25) is 0 Å². The summed E-state index contributed by atoms with van der Waals surface area (Å²) < 4.78 is 0. The van der Waals surface area contributed by atoms with E-state index in [2.05, 4.69) is 58.7 Å². The topological polar surface area (TPSA) is 49.8 Å². The first-order valence-corrected chi connectivity index (χ1v) is 9.22. The zero-order valence-electron chi connectivity index (χ0n) is 15.5. The molecule has 2 N–H and O–H groups in total. The van der Waals surface area contributed by atoms with Gasteiger partial charge in [0.15, 0.2) is 0 Å². The van der Waals surface area contributed by atoms with E-state index in [0.717, 1.165) is 30.2 Å². The van der Waals surface area contributed by atoms with Crippen molar-refractivity contribution in [2.24, 2.45) is 0 Å². The highest BCUT2D eigenvalue weighted by Crippen LogP contribution is 2.21. The monoisotopic (exact) mass is 336 g/mol. The van der Waals surface area contributed by atoms with Crippen molar-refractivity contribution in [3.8, 4) is 0 Å². The number of aryl methyl sites for hydroxylation is 3. The summed E-state index contributed by atoms with van der Waals surface area (Å²) in [6, 6.07) is 8.34. The third-order valence-corrected chi connectivity index (χ3v) is 4.75. The third-order valence-electron chi connectivity index (χ3n) is 4.75. The molecule has 132 valence electrons. The maximum absolute atomic E-state index is 4.61. The predicted octanol–water partition coefficient (Wildman–Crippen LogP) is 5.45. The number of anilines is 3. The summed E-state index contributed by atoms with van der Waals surface area (Å²) in [6.07, 6.45) is 8.63. The standard InChI is InChI=1S/C21H28N4/c1-15-9-10-19(13-16(15)2)24-20-14-17(3)23-21(25-20)22-12-11-18-7-5-4-6-8-18/h7,9-10,13-14H,4-6,8,11-12H2,1-3H3,(H2,22,23,24,25). The Kier molecular flexibility index (Phi) is 5.69. The Hall–Kier alpha value is -2.36. The lowest BCUT2D eigenvalue weighted by Gasteiger charge is -2.14. The number of allylic oxidation sites excluding steroid dienone is 1.